The van der Waals surface area contributed by atoms with Gasteiger partial charge in [-0.25, -0.2) is 9.78 Å². The summed E-state index contributed by atoms with van der Waals surface area (Å²) in [5.74, 6) is -0.216. The molecule has 7 nitrogen and oxygen atoms in total. The first-order valence-electron chi connectivity index (χ1n) is 8.36. The van der Waals surface area contributed by atoms with Crippen molar-refractivity contribution >= 4 is 28.9 Å². The average Bonchev–Trinajstić information content (AvgIpc) is 2.96. The van der Waals surface area contributed by atoms with Gasteiger partial charge in [-0.1, -0.05) is 24.3 Å². The van der Waals surface area contributed by atoms with E-state index in [0.717, 1.165) is 22.2 Å². The van der Waals surface area contributed by atoms with E-state index in [0.29, 0.717) is 18.7 Å². The molecule has 0 amide bonds. The third-order valence-corrected chi connectivity index (χ3v) is 4.57. The number of hydrogen-bond acceptors (Lipinski definition) is 5. The van der Waals surface area contributed by atoms with Crippen LogP contribution in [0.3, 0.4) is 0 Å². The number of benzene rings is 2. The first kappa shape index (κ1) is 16.3. The Balaban J connectivity index is 1.67. The van der Waals surface area contributed by atoms with Crippen molar-refractivity contribution in [3.8, 4) is 0 Å². The van der Waals surface area contributed by atoms with E-state index in [1.54, 1.807) is 24.8 Å². The molecule has 7 heteroatoms. The van der Waals surface area contributed by atoms with Crippen LogP contribution in [0.15, 0.2) is 47.7 Å². The number of carbonyl (C=O) groups is 1. The van der Waals surface area contributed by atoms with Crippen LogP contribution < -0.4 is 5.32 Å². The highest BCUT2D eigenvalue weighted by Gasteiger charge is 2.20. The molecule has 0 radical (unpaired) electrons. The van der Waals surface area contributed by atoms with E-state index in [1.807, 2.05) is 28.8 Å². The predicted molar refractivity (Wildman–Crippen MR) is 98.8 cm³/mol. The Morgan fingerprint density at radius 1 is 1.31 bits per heavy atom. The average molecular weight is 350 g/mol. The van der Waals surface area contributed by atoms with Gasteiger partial charge in [0.25, 0.3) is 0 Å². The van der Waals surface area contributed by atoms with Crippen molar-refractivity contribution in [1.29, 1.82) is 0 Å². The van der Waals surface area contributed by atoms with Crippen molar-refractivity contribution in [2.24, 2.45) is 4.99 Å². The maximum absolute atomic E-state index is 11.4. The number of fused-ring (bicyclic) bond motifs is 2. The number of carboxylic acids is 1. The number of nitrogens with one attached hydrogen (secondary N) is 1. The van der Waals surface area contributed by atoms with E-state index in [1.165, 1.54) is 0 Å². The van der Waals surface area contributed by atoms with Crippen LogP contribution >= 0.6 is 0 Å². The summed E-state index contributed by atoms with van der Waals surface area (Å²) in [5.41, 5.74) is 1.82. The highest BCUT2D eigenvalue weighted by Crippen LogP contribution is 2.26. The summed E-state index contributed by atoms with van der Waals surface area (Å²) in [6, 6.07) is 11.2. The number of rotatable bonds is 4. The van der Waals surface area contributed by atoms with Crippen molar-refractivity contribution in [2.75, 3.05) is 11.9 Å². The molecule has 26 heavy (non-hydrogen) atoms. The van der Waals surface area contributed by atoms with Crippen molar-refractivity contribution < 1.29 is 15.0 Å². The van der Waals surface area contributed by atoms with Crippen LogP contribution in [-0.4, -0.2) is 38.6 Å². The predicted octanol–water partition coefficient (Wildman–Crippen LogP) is 2.46. The molecule has 1 aromatic heterocycles. The van der Waals surface area contributed by atoms with E-state index < -0.39 is 12.1 Å². The van der Waals surface area contributed by atoms with Crippen LogP contribution in [0.25, 0.3) is 10.8 Å². The number of aliphatic hydroxyl groups is 1. The lowest BCUT2D eigenvalue weighted by atomic mass is 9.98. The van der Waals surface area contributed by atoms with E-state index in [2.05, 4.69) is 15.3 Å². The van der Waals surface area contributed by atoms with Crippen LogP contribution in [0.1, 0.15) is 27.7 Å². The zero-order valence-electron chi connectivity index (χ0n) is 14.0. The first-order chi connectivity index (χ1) is 12.6. The van der Waals surface area contributed by atoms with Gasteiger partial charge >= 0.3 is 5.97 Å². The highest BCUT2D eigenvalue weighted by atomic mass is 16.4. The second-order valence-electron chi connectivity index (χ2n) is 6.24. The molecular formula is C19H18N4O3. The summed E-state index contributed by atoms with van der Waals surface area (Å²) in [4.78, 5) is 19.8. The fourth-order valence-electron chi connectivity index (χ4n) is 3.28. The lowest BCUT2D eigenvalue weighted by molar-refractivity contribution is 0.0697. The van der Waals surface area contributed by atoms with Crippen LogP contribution in [0.2, 0.25) is 0 Å². The van der Waals surface area contributed by atoms with Gasteiger partial charge in [-0.05, 0) is 34.9 Å². The number of nitrogens with zero attached hydrogens (tertiary/aromatic N) is 3. The van der Waals surface area contributed by atoms with E-state index in [9.17, 15) is 15.0 Å². The lowest BCUT2D eigenvalue weighted by Gasteiger charge is -2.12. The van der Waals surface area contributed by atoms with Crippen LogP contribution in [-0.2, 0) is 13.0 Å². The summed E-state index contributed by atoms with van der Waals surface area (Å²) in [5, 5.41) is 24.5. The Morgan fingerprint density at radius 3 is 3.00 bits per heavy atom. The molecule has 1 unspecified atom stereocenters. The second-order valence-corrected chi connectivity index (χ2v) is 6.24. The van der Waals surface area contributed by atoms with E-state index in [-0.39, 0.29) is 12.1 Å². The zero-order valence-corrected chi connectivity index (χ0v) is 14.0. The van der Waals surface area contributed by atoms with Crippen LogP contribution in [0, 0.1) is 0 Å². The molecule has 0 saturated heterocycles. The number of imidazole rings is 1. The maximum atomic E-state index is 11.4. The number of aliphatic imine (C=N–C) groups is 1. The minimum absolute atomic E-state index is 0.280. The Bertz CT molecular complexity index is 1010. The quantitative estimate of drug-likeness (QED) is 0.671. The van der Waals surface area contributed by atoms with Gasteiger partial charge in [0.05, 0.1) is 24.8 Å². The molecule has 3 N–H and O–H groups in total. The SMILES string of the molecule is O=C(O)c1cc(CCn2cnc3c2NC=NCC3O)c2ccccc2c1. The Labute approximate surface area is 149 Å². The molecule has 1 atom stereocenters. The second kappa shape index (κ2) is 6.61. The smallest absolute Gasteiger partial charge is 0.335 e. The van der Waals surface area contributed by atoms with Gasteiger partial charge in [0.15, 0.2) is 0 Å². The molecular weight excluding hydrogens is 332 g/mol. The number of anilines is 1. The monoisotopic (exact) mass is 350 g/mol. The van der Waals surface area contributed by atoms with Crippen molar-refractivity contribution in [1.82, 2.24) is 9.55 Å². The molecule has 0 fully saturated rings. The van der Waals surface area contributed by atoms with Gasteiger partial charge in [-0.2, -0.15) is 0 Å². The summed E-state index contributed by atoms with van der Waals surface area (Å²) in [6.07, 6.45) is 3.16. The number of aliphatic hydroxyl groups excluding tert-OH is 1. The first-order valence-corrected chi connectivity index (χ1v) is 8.36. The fourth-order valence-corrected chi connectivity index (χ4v) is 3.28. The summed E-state index contributed by atoms with van der Waals surface area (Å²) >= 11 is 0. The molecule has 0 spiro atoms. The van der Waals surface area contributed by atoms with E-state index in [4.69, 9.17) is 0 Å². The number of aromatic nitrogens is 2. The molecule has 1 aliphatic heterocycles. The molecule has 4 rings (SSSR count). The van der Waals surface area contributed by atoms with Crippen LogP contribution in [0.5, 0.6) is 0 Å². The summed E-state index contributed by atoms with van der Waals surface area (Å²) in [7, 11) is 0. The van der Waals surface area contributed by atoms with Crippen LogP contribution in [0.4, 0.5) is 5.82 Å². The molecule has 3 aromatic rings. The van der Waals surface area contributed by atoms with E-state index >= 15 is 0 Å². The Morgan fingerprint density at radius 2 is 2.15 bits per heavy atom. The number of aromatic carboxylic acids is 1. The molecule has 0 aliphatic carbocycles. The lowest BCUT2D eigenvalue weighted by Crippen LogP contribution is -2.08. The minimum Gasteiger partial charge on any atom is -0.478 e. The molecule has 0 saturated carbocycles. The maximum Gasteiger partial charge on any atom is 0.335 e. The Kier molecular flexibility index (Phi) is 4.14. The number of aryl methyl sites for hydroxylation is 2. The number of carboxylic acid groups (broad SMARTS) is 1. The van der Waals surface area contributed by atoms with Gasteiger partial charge in [0.2, 0.25) is 0 Å². The zero-order chi connectivity index (χ0) is 18.1. The molecule has 2 aromatic carbocycles. The third kappa shape index (κ3) is 2.93. The van der Waals surface area contributed by atoms with Gasteiger partial charge in [0.1, 0.15) is 17.6 Å². The van der Waals surface area contributed by atoms with Crippen molar-refractivity contribution in [3.63, 3.8) is 0 Å². The highest BCUT2D eigenvalue weighted by molar-refractivity contribution is 5.96. The molecule has 132 valence electrons. The molecule has 2 heterocycles. The van der Waals surface area contributed by atoms with Crippen molar-refractivity contribution in [3.05, 3.63) is 59.5 Å². The minimum atomic E-state index is -0.936. The normalized spacial score (nSPS) is 16.1. The van der Waals surface area contributed by atoms with Gasteiger partial charge in [0, 0.05) is 6.54 Å². The standard InChI is InChI=1S/C19H18N4O3/c24-16-9-20-10-21-18-17(16)22-11-23(18)6-5-13-8-14(19(25)26)7-12-3-1-2-4-15(12)13/h1-4,7-8,10-11,16,24H,5-6,9H2,(H,20,21)(H,25,26). The number of hydrogen-bond donors (Lipinski definition) is 3. The topological polar surface area (TPSA) is 99.7 Å². The third-order valence-electron chi connectivity index (χ3n) is 4.57. The Hall–Kier alpha value is -3.19. The molecule has 1 aliphatic rings. The largest absolute Gasteiger partial charge is 0.478 e. The van der Waals surface area contributed by atoms with Gasteiger partial charge in [-0.15, -0.1) is 0 Å². The van der Waals surface area contributed by atoms with Crippen molar-refractivity contribution in [2.45, 2.75) is 19.1 Å². The molecule has 0 bridgehead atoms. The summed E-state index contributed by atoms with van der Waals surface area (Å²) in [6.45, 7) is 0.880. The summed E-state index contributed by atoms with van der Waals surface area (Å²) < 4.78 is 1.91. The van der Waals surface area contributed by atoms with Gasteiger partial charge < -0.3 is 20.1 Å². The fraction of sp³-hybridized carbons (Fsp3) is 0.211. The van der Waals surface area contributed by atoms with Gasteiger partial charge in [-0.3, -0.25) is 4.99 Å².